The molecule has 0 saturated heterocycles. The summed E-state index contributed by atoms with van der Waals surface area (Å²) < 4.78 is 0. The van der Waals surface area contributed by atoms with Crippen LogP contribution in [0.3, 0.4) is 0 Å². The van der Waals surface area contributed by atoms with E-state index in [1.807, 2.05) is 50.2 Å². The number of aromatic nitrogens is 2. The Labute approximate surface area is 213 Å². The molecule has 0 aliphatic carbocycles. The molecule has 7 N–H and O–H groups in total. The van der Waals surface area contributed by atoms with Crippen molar-refractivity contribution in [2.45, 2.75) is 33.1 Å². The number of unbranched alkanes of at least 4 members (excludes halogenated alkanes) is 1. The normalized spacial score (nSPS) is 10.9. The van der Waals surface area contributed by atoms with E-state index in [0.717, 1.165) is 101 Å². The van der Waals surface area contributed by atoms with Gasteiger partial charge in [0.05, 0.1) is 11.0 Å². The molecule has 0 amide bonds. The van der Waals surface area contributed by atoms with E-state index < -0.39 is 0 Å². The number of hydrogen-bond donors (Lipinski definition) is 5. The fraction of sp³-hybridized carbons (Fsp3) is 0.333. The van der Waals surface area contributed by atoms with Gasteiger partial charge >= 0.3 is 0 Å². The largest absolute Gasteiger partial charge is 0.399 e. The van der Waals surface area contributed by atoms with Crippen LogP contribution in [-0.4, -0.2) is 36.1 Å². The molecule has 0 bridgehead atoms. The zero-order valence-electron chi connectivity index (χ0n) is 20.5. The van der Waals surface area contributed by atoms with Gasteiger partial charge in [-0.25, -0.2) is 0 Å². The summed E-state index contributed by atoms with van der Waals surface area (Å²) >= 11 is 0. The maximum Gasteiger partial charge on any atom is 0.0746 e. The van der Waals surface area contributed by atoms with Crippen molar-refractivity contribution in [1.82, 2.24) is 15.3 Å². The zero-order chi connectivity index (χ0) is 23.9. The maximum absolute atomic E-state index is 5.91. The van der Waals surface area contributed by atoms with E-state index in [-0.39, 0.29) is 12.4 Å². The molecule has 186 valence electrons. The van der Waals surface area contributed by atoms with Crippen molar-refractivity contribution in [3.63, 3.8) is 0 Å². The molecular formula is C27H36ClN7. The zero-order valence-corrected chi connectivity index (χ0v) is 21.3. The number of benzene rings is 2. The topological polar surface area (TPSA) is 114 Å². The molecule has 4 rings (SSSR count). The number of hydrogen-bond acceptors (Lipinski definition) is 7. The lowest BCUT2D eigenvalue weighted by atomic mass is 10.1. The first kappa shape index (κ1) is 26.3. The van der Waals surface area contributed by atoms with Gasteiger partial charge in [0.25, 0.3) is 0 Å². The Morgan fingerprint density at radius 3 is 1.63 bits per heavy atom. The predicted molar refractivity (Wildman–Crippen MR) is 153 cm³/mol. The number of fused-ring (bicyclic) bond motifs is 2. The second-order valence-electron chi connectivity index (χ2n) is 8.84. The van der Waals surface area contributed by atoms with Crippen LogP contribution >= 0.6 is 12.4 Å². The molecule has 0 fully saturated rings. The SMILES string of the molecule is Cc1cc(NCCCCNCCCNc2cc(C)nc3cc(N)ccc23)c2ccc(N)cc2n1.Cl. The van der Waals surface area contributed by atoms with E-state index >= 15 is 0 Å². The number of aryl methyl sites for hydroxylation is 2. The third kappa shape index (κ3) is 7.10. The Morgan fingerprint density at radius 2 is 1.09 bits per heavy atom. The summed E-state index contributed by atoms with van der Waals surface area (Å²) in [6, 6.07) is 16.0. The molecule has 35 heavy (non-hydrogen) atoms. The van der Waals surface area contributed by atoms with Crippen molar-refractivity contribution < 1.29 is 0 Å². The van der Waals surface area contributed by atoms with Crippen molar-refractivity contribution in [3.8, 4) is 0 Å². The lowest BCUT2D eigenvalue weighted by Gasteiger charge is -2.12. The van der Waals surface area contributed by atoms with Crippen LogP contribution in [0.25, 0.3) is 21.8 Å². The third-order valence-corrected chi connectivity index (χ3v) is 5.87. The summed E-state index contributed by atoms with van der Waals surface area (Å²) in [4.78, 5) is 9.18. The molecule has 0 aliphatic heterocycles. The first-order valence-corrected chi connectivity index (χ1v) is 12.0. The highest BCUT2D eigenvalue weighted by molar-refractivity contribution is 5.94. The number of anilines is 4. The van der Waals surface area contributed by atoms with E-state index in [4.69, 9.17) is 11.5 Å². The minimum atomic E-state index is 0. The molecule has 2 heterocycles. The van der Waals surface area contributed by atoms with E-state index in [1.54, 1.807) is 0 Å². The summed E-state index contributed by atoms with van der Waals surface area (Å²) in [5.41, 5.74) is 19.4. The number of nitrogen functional groups attached to an aromatic ring is 2. The van der Waals surface area contributed by atoms with Gasteiger partial charge < -0.3 is 27.4 Å². The Hall–Kier alpha value is -3.29. The van der Waals surface area contributed by atoms with Gasteiger partial charge in [-0.3, -0.25) is 9.97 Å². The summed E-state index contributed by atoms with van der Waals surface area (Å²) in [6.07, 6.45) is 3.29. The van der Waals surface area contributed by atoms with Crippen molar-refractivity contribution in [3.05, 3.63) is 59.9 Å². The van der Waals surface area contributed by atoms with Gasteiger partial charge in [0.1, 0.15) is 0 Å². The van der Waals surface area contributed by atoms with Gasteiger partial charge in [-0.1, -0.05) is 0 Å². The van der Waals surface area contributed by atoms with Crippen LogP contribution in [0.1, 0.15) is 30.7 Å². The van der Waals surface area contributed by atoms with Gasteiger partial charge in [0.15, 0.2) is 0 Å². The summed E-state index contributed by atoms with van der Waals surface area (Å²) in [5, 5.41) is 12.9. The standard InChI is InChI=1S/C27H35N7.ClH/c1-18-14-24(22-8-6-20(28)16-26(22)33-18)31-12-4-3-10-30-11-5-13-32-25-15-19(2)34-27-17-21(29)7-9-23(25)27;/h6-9,14-17,30H,3-5,10-13,28-29H2,1-2H3,(H,31,33)(H,32,34);1H. The fourth-order valence-corrected chi connectivity index (χ4v) is 4.21. The molecular weight excluding hydrogens is 458 g/mol. The van der Waals surface area contributed by atoms with Gasteiger partial charge in [0.2, 0.25) is 0 Å². The van der Waals surface area contributed by atoms with Gasteiger partial charge in [-0.05, 0) is 94.7 Å². The van der Waals surface area contributed by atoms with Crippen LogP contribution in [-0.2, 0) is 0 Å². The first-order chi connectivity index (χ1) is 16.5. The second kappa shape index (κ2) is 12.4. The Kier molecular flexibility index (Phi) is 9.34. The molecule has 2 aromatic carbocycles. The molecule has 0 saturated carbocycles. The van der Waals surface area contributed by atoms with Crippen LogP contribution in [0, 0.1) is 13.8 Å². The highest BCUT2D eigenvalue weighted by atomic mass is 35.5. The average molecular weight is 494 g/mol. The van der Waals surface area contributed by atoms with E-state index in [1.165, 1.54) is 0 Å². The minimum absolute atomic E-state index is 0. The maximum atomic E-state index is 5.91. The van der Waals surface area contributed by atoms with Crippen LogP contribution in [0.5, 0.6) is 0 Å². The highest BCUT2D eigenvalue weighted by Gasteiger charge is 2.05. The van der Waals surface area contributed by atoms with Crippen molar-refractivity contribution in [1.29, 1.82) is 0 Å². The number of rotatable bonds is 11. The molecule has 0 radical (unpaired) electrons. The van der Waals surface area contributed by atoms with E-state index in [0.29, 0.717) is 0 Å². The highest BCUT2D eigenvalue weighted by Crippen LogP contribution is 2.26. The average Bonchev–Trinajstić information content (AvgIpc) is 2.79. The van der Waals surface area contributed by atoms with Gasteiger partial charge in [0, 0.05) is 58.0 Å². The monoisotopic (exact) mass is 493 g/mol. The molecule has 7 nitrogen and oxygen atoms in total. The molecule has 8 heteroatoms. The summed E-state index contributed by atoms with van der Waals surface area (Å²) in [7, 11) is 0. The Bertz CT molecular complexity index is 1170. The Balaban J connectivity index is 0.00000342. The summed E-state index contributed by atoms with van der Waals surface area (Å²) in [5.74, 6) is 0. The van der Waals surface area contributed by atoms with Crippen molar-refractivity contribution in [2.75, 3.05) is 48.3 Å². The minimum Gasteiger partial charge on any atom is -0.399 e. The van der Waals surface area contributed by atoms with Crippen LogP contribution in [0.4, 0.5) is 22.7 Å². The molecule has 0 spiro atoms. The number of nitrogens with zero attached hydrogens (tertiary/aromatic N) is 2. The van der Waals surface area contributed by atoms with E-state index in [9.17, 15) is 0 Å². The molecule has 0 aliphatic rings. The fourth-order valence-electron chi connectivity index (χ4n) is 4.21. The second-order valence-corrected chi connectivity index (χ2v) is 8.84. The van der Waals surface area contributed by atoms with Gasteiger partial charge in [-0.15, -0.1) is 12.4 Å². The van der Waals surface area contributed by atoms with Crippen molar-refractivity contribution in [2.24, 2.45) is 0 Å². The van der Waals surface area contributed by atoms with Crippen LogP contribution < -0.4 is 27.4 Å². The molecule has 2 aromatic heterocycles. The quantitative estimate of drug-likeness (QED) is 0.143. The van der Waals surface area contributed by atoms with Crippen LogP contribution in [0.15, 0.2) is 48.5 Å². The predicted octanol–water partition coefficient (Wildman–Crippen LogP) is 5.27. The summed E-state index contributed by atoms with van der Waals surface area (Å²) in [6.45, 7) is 7.89. The van der Waals surface area contributed by atoms with Crippen LogP contribution in [0.2, 0.25) is 0 Å². The Morgan fingerprint density at radius 1 is 0.629 bits per heavy atom. The number of halogens is 1. The molecule has 4 aromatic rings. The molecule has 0 unspecified atom stereocenters. The van der Waals surface area contributed by atoms with Crippen molar-refractivity contribution >= 4 is 57.0 Å². The van der Waals surface area contributed by atoms with E-state index in [2.05, 4.69) is 38.1 Å². The number of nitrogens with one attached hydrogen (secondary N) is 3. The first-order valence-electron chi connectivity index (χ1n) is 12.0. The number of nitrogens with two attached hydrogens (primary N) is 2. The lowest BCUT2D eigenvalue weighted by molar-refractivity contribution is 0.619. The third-order valence-electron chi connectivity index (χ3n) is 5.87. The number of pyridine rings is 2. The lowest BCUT2D eigenvalue weighted by Crippen LogP contribution is -2.20. The molecule has 0 atom stereocenters. The van der Waals surface area contributed by atoms with Gasteiger partial charge in [-0.2, -0.15) is 0 Å². The smallest absolute Gasteiger partial charge is 0.0746 e.